The summed E-state index contributed by atoms with van der Waals surface area (Å²) in [5.41, 5.74) is 4.16. The molecule has 254 valence electrons. The third-order valence-electron chi connectivity index (χ3n) is 16.4. The molecule has 1 aromatic carbocycles. The minimum atomic E-state index is -0.304. The van der Waals surface area contributed by atoms with Gasteiger partial charge in [-0.2, -0.15) is 0 Å². The molecule has 0 amide bonds. The predicted molar refractivity (Wildman–Crippen MR) is 195 cm³/mol. The molecule has 9 atom stereocenters. The van der Waals surface area contributed by atoms with E-state index in [2.05, 4.69) is 91.1 Å². The van der Waals surface area contributed by atoms with E-state index < -0.39 is 0 Å². The van der Waals surface area contributed by atoms with Crippen LogP contribution in [-0.2, 0) is 4.74 Å². The molecule has 0 aliphatic heterocycles. The minimum absolute atomic E-state index is 0.0263. The molecule has 3 heteroatoms. The van der Waals surface area contributed by atoms with Gasteiger partial charge in [-0.15, -0.1) is 13.2 Å². The van der Waals surface area contributed by atoms with Gasteiger partial charge in [0.25, 0.3) is 0 Å². The van der Waals surface area contributed by atoms with E-state index in [0.29, 0.717) is 29.1 Å². The lowest BCUT2D eigenvalue weighted by Gasteiger charge is -2.77. The van der Waals surface area contributed by atoms with E-state index in [9.17, 15) is 9.90 Å². The molecule has 6 rings (SSSR count). The standard InChI is InChI=1S/C44H60O3/c1-12-43-27-26-39(8)35-20-24-42(28-30(5)45)23-19-33(29(3)4)41(42,10)36(35)21-25-44(39,13-2)40(43,9)22-18-34(38(43,6)7)31-14-16-32(17-15-31)37(46)47-11/h12-18,28,33,35-36,45H,1-3,19-27H2,4-11H3/b30-28+/t33?,35?,36-,39-,40-,41+,42?,43-,44-/m0/s1. The summed E-state index contributed by atoms with van der Waals surface area (Å²) in [5, 5.41) is 10.7. The maximum Gasteiger partial charge on any atom is 0.337 e. The second-order valence-electron chi connectivity index (χ2n) is 17.6. The normalized spacial score (nSPS) is 43.7. The number of allylic oxidation sites excluding steroid dienone is 7. The minimum Gasteiger partial charge on any atom is -0.513 e. The van der Waals surface area contributed by atoms with E-state index in [1.807, 2.05) is 19.1 Å². The molecule has 5 aliphatic carbocycles. The van der Waals surface area contributed by atoms with Crippen LogP contribution in [0.15, 0.2) is 79.6 Å². The molecule has 47 heavy (non-hydrogen) atoms. The van der Waals surface area contributed by atoms with Crippen LogP contribution < -0.4 is 0 Å². The number of fused-ring (bicyclic) bond motifs is 7. The van der Waals surface area contributed by atoms with Gasteiger partial charge in [-0.25, -0.2) is 4.79 Å². The first kappa shape index (κ1) is 34.1. The van der Waals surface area contributed by atoms with E-state index in [1.54, 1.807) is 0 Å². The molecule has 0 saturated heterocycles. The smallest absolute Gasteiger partial charge is 0.337 e. The summed E-state index contributed by atoms with van der Waals surface area (Å²) >= 11 is 0. The van der Waals surface area contributed by atoms with Crippen LogP contribution in [0, 0.1) is 55.7 Å². The summed E-state index contributed by atoms with van der Waals surface area (Å²) in [5.74, 6) is 1.81. The molecule has 0 heterocycles. The van der Waals surface area contributed by atoms with Gasteiger partial charge in [-0.1, -0.05) is 77.1 Å². The fraction of sp³-hybridized carbons (Fsp3) is 0.614. The van der Waals surface area contributed by atoms with Crippen molar-refractivity contribution in [2.75, 3.05) is 7.11 Å². The molecule has 4 saturated carbocycles. The molecule has 0 aromatic heterocycles. The van der Waals surface area contributed by atoms with Crippen LogP contribution in [-0.4, -0.2) is 18.2 Å². The molecule has 1 aromatic rings. The number of hydrogen-bond donors (Lipinski definition) is 1. The van der Waals surface area contributed by atoms with Gasteiger partial charge in [-0.05, 0) is 146 Å². The van der Waals surface area contributed by atoms with E-state index in [0.717, 1.165) is 38.5 Å². The number of aliphatic hydroxyl groups excluding tert-OH is 1. The Kier molecular flexibility index (Phi) is 7.86. The van der Waals surface area contributed by atoms with Crippen LogP contribution in [0.2, 0.25) is 0 Å². The number of aliphatic hydroxyl groups is 1. The number of esters is 1. The van der Waals surface area contributed by atoms with Crippen molar-refractivity contribution < 1.29 is 14.6 Å². The molecule has 3 unspecified atom stereocenters. The van der Waals surface area contributed by atoms with Gasteiger partial charge in [0.1, 0.15) is 0 Å². The predicted octanol–water partition coefficient (Wildman–Crippen LogP) is 11.7. The van der Waals surface area contributed by atoms with Crippen molar-refractivity contribution in [2.24, 2.45) is 55.7 Å². The van der Waals surface area contributed by atoms with Crippen molar-refractivity contribution in [1.29, 1.82) is 0 Å². The summed E-state index contributed by atoms with van der Waals surface area (Å²) in [6.45, 7) is 30.7. The Morgan fingerprint density at radius 3 is 2.06 bits per heavy atom. The molecule has 1 N–H and O–H groups in total. The van der Waals surface area contributed by atoms with Gasteiger partial charge in [-0.3, -0.25) is 0 Å². The molecule has 3 nitrogen and oxygen atoms in total. The first-order valence-corrected chi connectivity index (χ1v) is 18.2. The van der Waals surface area contributed by atoms with E-state index in [-0.39, 0.29) is 43.9 Å². The van der Waals surface area contributed by atoms with Gasteiger partial charge in [0.15, 0.2) is 0 Å². The molecule has 0 spiro atoms. The van der Waals surface area contributed by atoms with Gasteiger partial charge in [0.2, 0.25) is 0 Å². The second-order valence-corrected chi connectivity index (χ2v) is 17.6. The maximum atomic E-state index is 12.2. The highest BCUT2D eigenvalue weighted by Crippen LogP contribution is 2.84. The Morgan fingerprint density at radius 2 is 1.49 bits per heavy atom. The molecule has 5 aliphatic rings. The zero-order valence-electron chi connectivity index (χ0n) is 30.6. The Morgan fingerprint density at radius 1 is 0.872 bits per heavy atom. The van der Waals surface area contributed by atoms with Crippen molar-refractivity contribution >= 4 is 11.5 Å². The fourth-order valence-electron chi connectivity index (χ4n) is 14.2. The number of hydrogen-bond acceptors (Lipinski definition) is 3. The second kappa shape index (κ2) is 10.8. The van der Waals surface area contributed by atoms with Crippen LogP contribution in [0.3, 0.4) is 0 Å². The van der Waals surface area contributed by atoms with Crippen LogP contribution in [0.25, 0.3) is 5.57 Å². The van der Waals surface area contributed by atoms with Crippen LogP contribution in [0.5, 0.6) is 0 Å². The summed E-state index contributed by atoms with van der Waals surface area (Å²) in [6.07, 6.45) is 19.7. The summed E-state index contributed by atoms with van der Waals surface area (Å²) < 4.78 is 4.98. The SMILES string of the molecule is C=C[C@]12CC[C@H]3C(CCC4(/C=C(\C)O)CCC(C(=C)C)[C@]34C)[C@]1(C)CC[C@@]1(C=C)C(C)(C)C(c3ccc(C(=O)OC)cc3)=CC[C@]21C. The zero-order chi connectivity index (χ0) is 34.4. The van der Waals surface area contributed by atoms with Crippen LogP contribution >= 0.6 is 0 Å². The zero-order valence-corrected chi connectivity index (χ0v) is 30.6. The maximum absolute atomic E-state index is 12.2. The molecule has 4 fully saturated rings. The Balaban J connectivity index is 1.47. The highest BCUT2D eigenvalue weighted by atomic mass is 16.5. The third-order valence-corrected chi connectivity index (χ3v) is 16.4. The quantitative estimate of drug-likeness (QED) is 0.192. The summed E-state index contributed by atoms with van der Waals surface area (Å²) in [4.78, 5) is 12.2. The number of benzene rings is 1. The number of methoxy groups -OCH3 is 1. The number of carbonyl (C=O) groups is 1. The molecular weight excluding hydrogens is 576 g/mol. The van der Waals surface area contributed by atoms with E-state index >= 15 is 0 Å². The molecule has 0 bridgehead atoms. The van der Waals surface area contributed by atoms with Crippen molar-refractivity contribution in [3.8, 4) is 0 Å². The third kappa shape index (κ3) is 3.95. The fourth-order valence-corrected chi connectivity index (χ4v) is 14.2. The van der Waals surface area contributed by atoms with Crippen molar-refractivity contribution in [2.45, 2.75) is 106 Å². The van der Waals surface area contributed by atoms with Crippen molar-refractivity contribution in [3.63, 3.8) is 0 Å². The van der Waals surface area contributed by atoms with Gasteiger partial charge < -0.3 is 9.84 Å². The Bertz CT molecular complexity index is 1550. The highest BCUT2D eigenvalue weighted by Gasteiger charge is 2.76. The lowest BCUT2D eigenvalue weighted by atomic mass is 9.26. The van der Waals surface area contributed by atoms with Crippen molar-refractivity contribution in [1.82, 2.24) is 0 Å². The lowest BCUT2D eigenvalue weighted by molar-refractivity contribution is -0.251. The lowest BCUT2D eigenvalue weighted by Crippen LogP contribution is -2.71. The van der Waals surface area contributed by atoms with Crippen molar-refractivity contribution in [3.05, 3.63) is 90.8 Å². The average Bonchev–Trinajstić information content (AvgIpc) is 3.33. The van der Waals surface area contributed by atoms with E-state index in [4.69, 9.17) is 11.3 Å². The van der Waals surface area contributed by atoms with Gasteiger partial charge in [0, 0.05) is 10.8 Å². The van der Waals surface area contributed by atoms with Gasteiger partial charge in [0.05, 0.1) is 18.4 Å². The topological polar surface area (TPSA) is 46.5 Å². The largest absolute Gasteiger partial charge is 0.513 e. The Labute approximate surface area is 285 Å². The first-order valence-electron chi connectivity index (χ1n) is 18.2. The van der Waals surface area contributed by atoms with E-state index in [1.165, 1.54) is 43.1 Å². The number of ether oxygens (including phenoxy) is 1. The number of rotatable bonds is 6. The van der Waals surface area contributed by atoms with Crippen LogP contribution in [0.1, 0.15) is 122 Å². The Hall–Kier alpha value is -2.81. The summed E-state index contributed by atoms with van der Waals surface area (Å²) in [6, 6.07) is 7.99. The monoisotopic (exact) mass is 636 g/mol. The highest BCUT2D eigenvalue weighted by molar-refractivity contribution is 5.90. The first-order chi connectivity index (χ1) is 22.0. The molecular formula is C44H60O3. The van der Waals surface area contributed by atoms with Crippen LogP contribution in [0.4, 0.5) is 0 Å². The van der Waals surface area contributed by atoms with Gasteiger partial charge >= 0.3 is 5.97 Å². The summed E-state index contributed by atoms with van der Waals surface area (Å²) in [7, 11) is 1.43. The molecule has 0 radical (unpaired) electrons. The average molecular weight is 637 g/mol. The number of carbonyl (C=O) groups excluding carboxylic acids is 1.